The fourth-order valence-electron chi connectivity index (χ4n) is 4.14. The average molecular weight is 454 g/mol. The van der Waals surface area contributed by atoms with E-state index in [1.165, 1.54) is 17.6 Å². The van der Waals surface area contributed by atoms with E-state index in [0.29, 0.717) is 6.61 Å². The number of likely N-dealkylation sites (tertiary alicyclic amines) is 1. The summed E-state index contributed by atoms with van der Waals surface area (Å²) >= 11 is 1.54. The molecule has 1 fully saturated rings. The van der Waals surface area contributed by atoms with E-state index in [-0.39, 0.29) is 29.6 Å². The molecule has 168 valence electrons. The van der Waals surface area contributed by atoms with Gasteiger partial charge in [-0.15, -0.1) is 11.3 Å². The van der Waals surface area contributed by atoms with Crippen LogP contribution in [0.4, 0.5) is 5.00 Å². The van der Waals surface area contributed by atoms with Crippen LogP contribution < -0.4 is 5.32 Å². The third-order valence-electron chi connectivity index (χ3n) is 5.63. The molecule has 8 heteroatoms. The number of piperidine rings is 1. The predicted molar refractivity (Wildman–Crippen MR) is 123 cm³/mol. The lowest BCUT2D eigenvalue weighted by Gasteiger charge is -2.36. The number of anilines is 1. The molecule has 1 aliphatic rings. The number of carbonyl (C=O) groups excluding carboxylic acids is 2. The Labute approximate surface area is 191 Å². The molecule has 0 unspecified atom stereocenters. The minimum atomic E-state index is -0.279. The zero-order valence-electron chi connectivity index (χ0n) is 18.2. The molecule has 1 atom stereocenters. The number of amides is 1. The maximum atomic E-state index is 12.7. The van der Waals surface area contributed by atoms with Gasteiger partial charge in [-0.1, -0.05) is 6.07 Å². The first-order valence-corrected chi connectivity index (χ1v) is 11.6. The molecule has 1 amide bonds. The van der Waals surface area contributed by atoms with Gasteiger partial charge in [0.05, 0.1) is 30.5 Å². The number of pyridine rings is 1. The number of aromatic nitrogens is 1. The van der Waals surface area contributed by atoms with Gasteiger partial charge in [0, 0.05) is 16.6 Å². The van der Waals surface area contributed by atoms with Crippen LogP contribution in [-0.2, 0) is 9.53 Å². The largest absolute Gasteiger partial charge is 0.466 e. The van der Waals surface area contributed by atoms with Crippen molar-refractivity contribution in [2.45, 2.75) is 32.7 Å². The number of ether oxygens (including phenoxy) is 1. The van der Waals surface area contributed by atoms with Crippen LogP contribution >= 0.6 is 11.3 Å². The molecule has 4 heterocycles. The number of nitrogens with zero attached hydrogens (tertiary/aromatic N) is 2. The predicted octanol–water partition coefficient (Wildman–Crippen LogP) is 4.66. The SMILES string of the molecule is CCOC(=O)C1CCN([C@@H](c2ccccn2)c2cc(C)sc2NC(=O)c2ccco2)CC1. The third kappa shape index (κ3) is 4.92. The van der Waals surface area contributed by atoms with Gasteiger partial charge < -0.3 is 14.5 Å². The molecule has 0 spiro atoms. The van der Waals surface area contributed by atoms with E-state index in [9.17, 15) is 9.59 Å². The van der Waals surface area contributed by atoms with Gasteiger partial charge in [-0.2, -0.15) is 0 Å². The topological polar surface area (TPSA) is 84.7 Å². The molecule has 4 rings (SSSR count). The van der Waals surface area contributed by atoms with Crippen molar-refractivity contribution in [3.8, 4) is 0 Å². The summed E-state index contributed by atoms with van der Waals surface area (Å²) in [7, 11) is 0. The molecule has 3 aromatic rings. The van der Waals surface area contributed by atoms with E-state index in [1.807, 2.05) is 32.0 Å². The van der Waals surface area contributed by atoms with Crippen molar-refractivity contribution in [2.24, 2.45) is 5.92 Å². The second-order valence-corrected chi connectivity index (χ2v) is 9.05. The summed E-state index contributed by atoms with van der Waals surface area (Å²) in [6.07, 6.45) is 4.74. The van der Waals surface area contributed by atoms with Crippen LogP contribution in [0.1, 0.15) is 52.5 Å². The van der Waals surface area contributed by atoms with Gasteiger partial charge in [0.25, 0.3) is 5.91 Å². The molecule has 0 aliphatic carbocycles. The number of furan rings is 1. The first-order valence-electron chi connectivity index (χ1n) is 10.8. The van der Waals surface area contributed by atoms with Gasteiger partial charge in [-0.3, -0.25) is 19.5 Å². The highest BCUT2D eigenvalue weighted by Crippen LogP contribution is 2.40. The van der Waals surface area contributed by atoms with Crippen molar-refractivity contribution in [3.05, 3.63) is 70.8 Å². The van der Waals surface area contributed by atoms with E-state index in [4.69, 9.17) is 9.15 Å². The average Bonchev–Trinajstić information content (AvgIpc) is 3.46. The summed E-state index contributed by atoms with van der Waals surface area (Å²) < 4.78 is 10.5. The fourth-order valence-corrected chi connectivity index (χ4v) is 5.08. The number of nitrogens with one attached hydrogen (secondary N) is 1. The molecule has 0 saturated carbocycles. The standard InChI is InChI=1S/C24H27N3O4S/c1-3-30-24(29)17-9-12-27(13-10-17)21(19-7-4-5-11-25-19)18-15-16(2)32-23(18)26-22(28)20-8-6-14-31-20/h4-8,11,14-15,17,21H,3,9-10,12-13H2,1-2H3,(H,26,28)/t21-/m1/s1. The molecular formula is C24H27N3O4S. The number of hydrogen-bond donors (Lipinski definition) is 1. The summed E-state index contributed by atoms with van der Waals surface area (Å²) in [5.41, 5.74) is 1.91. The van der Waals surface area contributed by atoms with Crippen molar-refractivity contribution in [1.82, 2.24) is 9.88 Å². The van der Waals surface area contributed by atoms with Crippen LogP contribution in [0.25, 0.3) is 0 Å². The van der Waals surface area contributed by atoms with Crippen molar-refractivity contribution in [3.63, 3.8) is 0 Å². The molecular weight excluding hydrogens is 426 g/mol. The lowest BCUT2D eigenvalue weighted by Crippen LogP contribution is -2.40. The Kier molecular flexibility index (Phi) is 7.02. The molecule has 1 saturated heterocycles. The van der Waals surface area contributed by atoms with E-state index in [2.05, 4.69) is 21.3 Å². The van der Waals surface area contributed by atoms with Crippen molar-refractivity contribution in [1.29, 1.82) is 0 Å². The Balaban J connectivity index is 1.61. The molecule has 0 radical (unpaired) electrons. The van der Waals surface area contributed by atoms with E-state index in [1.54, 1.807) is 18.3 Å². The van der Waals surface area contributed by atoms with Crippen LogP contribution in [0, 0.1) is 12.8 Å². The zero-order valence-corrected chi connectivity index (χ0v) is 19.1. The van der Waals surface area contributed by atoms with Gasteiger partial charge in [0.15, 0.2) is 5.76 Å². The summed E-state index contributed by atoms with van der Waals surface area (Å²) in [5.74, 6) is -0.192. The summed E-state index contributed by atoms with van der Waals surface area (Å²) in [6, 6.07) is 11.2. The second kappa shape index (κ2) is 10.1. The maximum absolute atomic E-state index is 12.7. The summed E-state index contributed by atoms with van der Waals surface area (Å²) in [5, 5.41) is 3.81. The Bertz CT molecular complexity index is 1040. The lowest BCUT2D eigenvalue weighted by molar-refractivity contribution is -0.149. The third-order valence-corrected chi connectivity index (χ3v) is 6.61. The molecule has 0 bridgehead atoms. The zero-order chi connectivity index (χ0) is 22.5. The van der Waals surface area contributed by atoms with E-state index < -0.39 is 0 Å². The minimum Gasteiger partial charge on any atom is -0.466 e. The summed E-state index contributed by atoms with van der Waals surface area (Å²) in [4.78, 5) is 32.9. The first kappa shape index (κ1) is 22.2. The normalized spacial score (nSPS) is 15.9. The number of hydrogen-bond acceptors (Lipinski definition) is 7. The number of esters is 1. The van der Waals surface area contributed by atoms with E-state index >= 15 is 0 Å². The molecule has 1 aliphatic heterocycles. The van der Waals surface area contributed by atoms with Crippen LogP contribution in [0.3, 0.4) is 0 Å². The van der Waals surface area contributed by atoms with Gasteiger partial charge in [0.2, 0.25) is 0 Å². The Morgan fingerprint density at radius 2 is 2.09 bits per heavy atom. The van der Waals surface area contributed by atoms with Gasteiger partial charge in [0.1, 0.15) is 5.00 Å². The van der Waals surface area contributed by atoms with Crippen molar-refractivity contribution < 1.29 is 18.7 Å². The molecule has 1 N–H and O–H groups in total. The lowest BCUT2D eigenvalue weighted by atomic mass is 9.93. The highest BCUT2D eigenvalue weighted by Gasteiger charge is 2.33. The Morgan fingerprint density at radius 1 is 1.28 bits per heavy atom. The molecule has 3 aromatic heterocycles. The fraction of sp³-hybridized carbons (Fsp3) is 0.375. The van der Waals surface area contributed by atoms with Crippen LogP contribution in [0.5, 0.6) is 0 Å². The quantitative estimate of drug-likeness (QED) is 0.524. The highest BCUT2D eigenvalue weighted by atomic mass is 32.1. The minimum absolute atomic E-state index is 0.0714. The van der Waals surface area contributed by atoms with Crippen molar-refractivity contribution in [2.75, 3.05) is 25.0 Å². The Hall–Kier alpha value is -2.97. The molecule has 0 aromatic carbocycles. The van der Waals surface area contributed by atoms with Crippen LogP contribution in [0.2, 0.25) is 0 Å². The molecule has 7 nitrogen and oxygen atoms in total. The van der Waals surface area contributed by atoms with Gasteiger partial charge >= 0.3 is 5.97 Å². The highest BCUT2D eigenvalue weighted by molar-refractivity contribution is 7.16. The van der Waals surface area contributed by atoms with Crippen LogP contribution in [-0.4, -0.2) is 41.5 Å². The summed E-state index contributed by atoms with van der Waals surface area (Å²) in [6.45, 7) is 5.75. The van der Waals surface area contributed by atoms with Crippen molar-refractivity contribution >= 4 is 28.2 Å². The number of thiophene rings is 1. The maximum Gasteiger partial charge on any atom is 0.309 e. The van der Waals surface area contributed by atoms with Crippen LogP contribution in [0.15, 0.2) is 53.3 Å². The van der Waals surface area contributed by atoms with Gasteiger partial charge in [-0.25, -0.2) is 0 Å². The smallest absolute Gasteiger partial charge is 0.309 e. The number of aryl methyl sites for hydroxylation is 1. The second-order valence-electron chi connectivity index (χ2n) is 7.79. The number of rotatable bonds is 7. The van der Waals surface area contributed by atoms with Gasteiger partial charge in [-0.05, 0) is 70.1 Å². The van der Waals surface area contributed by atoms with E-state index in [0.717, 1.165) is 47.1 Å². The number of carbonyl (C=O) groups is 2. The molecule has 32 heavy (non-hydrogen) atoms. The first-order chi connectivity index (χ1) is 15.6. The monoisotopic (exact) mass is 453 g/mol. The Morgan fingerprint density at radius 3 is 2.75 bits per heavy atom.